The highest BCUT2D eigenvalue weighted by Crippen LogP contribution is 2.25. The SMILES string of the molecule is Cc1ccc(Cl)cc1N1CCN([C@H](C)C(=O)N(C)C)CC1. The Labute approximate surface area is 132 Å². The highest BCUT2D eigenvalue weighted by Gasteiger charge is 2.26. The summed E-state index contributed by atoms with van der Waals surface area (Å²) < 4.78 is 0. The molecular formula is C16H24ClN3O. The number of amides is 1. The molecule has 0 aliphatic carbocycles. The molecule has 1 amide bonds. The number of nitrogens with zero attached hydrogens (tertiary/aromatic N) is 3. The van der Waals surface area contributed by atoms with Crippen LogP contribution >= 0.6 is 11.6 Å². The van der Waals surface area contributed by atoms with Crippen molar-refractivity contribution in [2.24, 2.45) is 0 Å². The average molecular weight is 310 g/mol. The largest absolute Gasteiger partial charge is 0.369 e. The molecule has 0 spiro atoms. The Kier molecular flexibility index (Phi) is 5.12. The molecule has 0 saturated carbocycles. The summed E-state index contributed by atoms with van der Waals surface area (Å²) in [5.74, 6) is 0.169. The number of hydrogen-bond donors (Lipinski definition) is 0. The van der Waals surface area contributed by atoms with E-state index >= 15 is 0 Å². The molecule has 1 aromatic rings. The minimum atomic E-state index is -0.0531. The predicted octanol–water partition coefficient (Wildman–Crippen LogP) is 2.25. The summed E-state index contributed by atoms with van der Waals surface area (Å²) in [5, 5.41) is 0.772. The lowest BCUT2D eigenvalue weighted by Gasteiger charge is -2.39. The van der Waals surface area contributed by atoms with Gasteiger partial charge in [0.25, 0.3) is 0 Å². The molecule has 21 heavy (non-hydrogen) atoms. The van der Waals surface area contributed by atoms with Crippen molar-refractivity contribution < 1.29 is 4.79 Å². The van der Waals surface area contributed by atoms with Gasteiger partial charge in [0, 0.05) is 51.0 Å². The summed E-state index contributed by atoms with van der Waals surface area (Å²) in [6.45, 7) is 7.73. The first kappa shape index (κ1) is 16.1. The highest BCUT2D eigenvalue weighted by atomic mass is 35.5. The number of piperazine rings is 1. The van der Waals surface area contributed by atoms with E-state index in [9.17, 15) is 4.79 Å². The lowest BCUT2D eigenvalue weighted by molar-refractivity contribution is -0.133. The second-order valence-corrected chi connectivity index (χ2v) is 6.30. The first-order valence-electron chi connectivity index (χ1n) is 7.36. The van der Waals surface area contributed by atoms with Crippen LogP contribution in [-0.4, -0.2) is 62.0 Å². The molecule has 116 valence electrons. The zero-order valence-corrected chi connectivity index (χ0v) is 14.0. The number of benzene rings is 1. The van der Waals surface area contributed by atoms with Gasteiger partial charge >= 0.3 is 0 Å². The van der Waals surface area contributed by atoms with E-state index in [1.165, 1.54) is 11.3 Å². The van der Waals surface area contributed by atoms with Gasteiger partial charge in [-0.1, -0.05) is 17.7 Å². The molecule has 1 fully saturated rings. The van der Waals surface area contributed by atoms with Crippen molar-refractivity contribution in [2.75, 3.05) is 45.2 Å². The third-order valence-electron chi connectivity index (χ3n) is 4.17. The minimum absolute atomic E-state index is 0.0531. The van der Waals surface area contributed by atoms with Crippen molar-refractivity contribution >= 4 is 23.2 Å². The highest BCUT2D eigenvalue weighted by molar-refractivity contribution is 6.30. The smallest absolute Gasteiger partial charge is 0.239 e. The summed E-state index contributed by atoms with van der Waals surface area (Å²) in [5.41, 5.74) is 2.44. The molecule has 2 rings (SSSR count). The van der Waals surface area contributed by atoms with Crippen LogP contribution in [0.4, 0.5) is 5.69 Å². The van der Waals surface area contributed by atoms with E-state index in [1.54, 1.807) is 4.90 Å². The van der Waals surface area contributed by atoms with Crippen LogP contribution in [0.2, 0.25) is 5.02 Å². The van der Waals surface area contributed by atoms with E-state index in [4.69, 9.17) is 11.6 Å². The van der Waals surface area contributed by atoms with Crippen LogP contribution < -0.4 is 4.90 Å². The molecule has 1 aliphatic heterocycles. The van der Waals surface area contributed by atoms with Gasteiger partial charge in [-0.25, -0.2) is 0 Å². The first-order chi connectivity index (χ1) is 9.90. The maximum atomic E-state index is 12.0. The van der Waals surface area contributed by atoms with Gasteiger partial charge in [-0.15, -0.1) is 0 Å². The Bertz CT molecular complexity index is 510. The van der Waals surface area contributed by atoms with Crippen molar-refractivity contribution in [2.45, 2.75) is 19.9 Å². The normalized spacial score (nSPS) is 17.7. The Morgan fingerprint density at radius 3 is 2.43 bits per heavy atom. The van der Waals surface area contributed by atoms with E-state index in [0.717, 1.165) is 31.2 Å². The van der Waals surface area contributed by atoms with E-state index < -0.39 is 0 Å². The van der Waals surface area contributed by atoms with Crippen molar-refractivity contribution in [1.29, 1.82) is 0 Å². The molecule has 1 saturated heterocycles. The Morgan fingerprint density at radius 2 is 1.86 bits per heavy atom. The molecule has 5 heteroatoms. The number of anilines is 1. The van der Waals surface area contributed by atoms with Gasteiger partial charge in [0.15, 0.2) is 0 Å². The number of carbonyl (C=O) groups excluding carboxylic acids is 1. The summed E-state index contributed by atoms with van der Waals surface area (Å²) in [6, 6.07) is 5.96. The van der Waals surface area contributed by atoms with Gasteiger partial charge < -0.3 is 9.80 Å². The van der Waals surface area contributed by atoms with Crippen LogP contribution in [0.25, 0.3) is 0 Å². The number of halogens is 1. The van der Waals surface area contributed by atoms with Gasteiger partial charge in [0.2, 0.25) is 5.91 Å². The van der Waals surface area contributed by atoms with Crippen LogP contribution in [0.1, 0.15) is 12.5 Å². The average Bonchev–Trinajstić information content (AvgIpc) is 2.48. The fourth-order valence-corrected chi connectivity index (χ4v) is 2.97. The third-order valence-corrected chi connectivity index (χ3v) is 4.41. The van der Waals surface area contributed by atoms with Crippen LogP contribution in [0.5, 0.6) is 0 Å². The summed E-state index contributed by atoms with van der Waals surface area (Å²) in [6.07, 6.45) is 0. The topological polar surface area (TPSA) is 26.8 Å². The summed E-state index contributed by atoms with van der Waals surface area (Å²) in [7, 11) is 3.62. The van der Waals surface area contributed by atoms with Gasteiger partial charge in [0.05, 0.1) is 6.04 Å². The molecule has 4 nitrogen and oxygen atoms in total. The fourth-order valence-electron chi connectivity index (χ4n) is 2.80. The van der Waals surface area contributed by atoms with Gasteiger partial charge in [-0.3, -0.25) is 9.69 Å². The summed E-state index contributed by atoms with van der Waals surface area (Å²) in [4.78, 5) is 18.3. The molecule has 1 heterocycles. The van der Waals surface area contributed by atoms with Gasteiger partial charge in [-0.2, -0.15) is 0 Å². The molecular weight excluding hydrogens is 286 g/mol. The minimum Gasteiger partial charge on any atom is -0.369 e. The predicted molar refractivity (Wildman–Crippen MR) is 88.1 cm³/mol. The molecule has 0 radical (unpaired) electrons. The van der Waals surface area contributed by atoms with Crippen molar-refractivity contribution in [3.8, 4) is 0 Å². The van der Waals surface area contributed by atoms with Crippen LogP contribution in [0, 0.1) is 6.92 Å². The number of rotatable bonds is 3. The van der Waals surface area contributed by atoms with E-state index in [1.807, 2.05) is 33.2 Å². The van der Waals surface area contributed by atoms with Crippen LogP contribution in [-0.2, 0) is 4.79 Å². The number of carbonyl (C=O) groups is 1. The molecule has 0 N–H and O–H groups in total. The zero-order chi connectivity index (χ0) is 15.6. The second-order valence-electron chi connectivity index (χ2n) is 5.86. The van der Waals surface area contributed by atoms with E-state index in [2.05, 4.69) is 22.8 Å². The third kappa shape index (κ3) is 3.69. The van der Waals surface area contributed by atoms with Crippen molar-refractivity contribution in [3.05, 3.63) is 28.8 Å². The van der Waals surface area contributed by atoms with Gasteiger partial charge in [0.1, 0.15) is 0 Å². The summed E-state index contributed by atoms with van der Waals surface area (Å²) >= 11 is 6.10. The lowest BCUT2D eigenvalue weighted by atomic mass is 10.1. The molecule has 1 aliphatic rings. The standard InChI is InChI=1S/C16H24ClN3O/c1-12-5-6-14(17)11-15(12)20-9-7-19(8-10-20)13(2)16(21)18(3)4/h5-6,11,13H,7-10H2,1-4H3/t13-/m1/s1. The Hall–Kier alpha value is -1.26. The second kappa shape index (κ2) is 6.67. The molecule has 0 aromatic heterocycles. The molecule has 0 unspecified atom stereocenters. The fraction of sp³-hybridized carbons (Fsp3) is 0.562. The van der Waals surface area contributed by atoms with E-state index in [0.29, 0.717) is 0 Å². The lowest BCUT2D eigenvalue weighted by Crippen LogP contribution is -2.53. The Morgan fingerprint density at radius 1 is 1.24 bits per heavy atom. The molecule has 1 aromatic carbocycles. The number of aryl methyl sites for hydroxylation is 1. The number of likely N-dealkylation sites (N-methyl/N-ethyl adjacent to an activating group) is 1. The van der Waals surface area contributed by atoms with Crippen molar-refractivity contribution in [1.82, 2.24) is 9.80 Å². The van der Waals surface area contributed by atoms with Crippen LogP contribution in [0.3, 0.4) is 0 Å². The monoisotopic (exact) mass is 309 g/mol. The van der Waals surface area contributed by atoms with Gasteiger partial charge in [-0.05, 0) is 31.5 Å². The quantitative estimate of drug-likeness (QED) is 0.857. The molecule has 1 atom stereocenters. The maximum absolute atomic E-state index is 12.0. The zero-order valence-electron chi connectivity index (χ0n) is 13.3. The van der Waals surface area contributed by atoms with E-state index in [-0.39, 0.29) is 11.9 Å². The Balaban J connectivity index is 2.00. The van der Waals surface area contributed by atoms with Crippen LogP contribution in [0.15, 0.2) is 18.2 Å². The molecule has 0 bridgehead atoms. The number of hydrogen-bond acceptors (Lipinski definition) is 3. The van der Waals surface area contributed by atoms with Crippen molar-refractivity contribution in [3.63, 3.8) is 0 Å². The first-order valence-corrected chi connectivity index (χ1v) is 7.74. The maximum Gasteiger partial charge on any atom is 0.239 e.